The Labute approximate surface area is 121 Å². The Morgan fingerprint density at radius 2 is 2.20 bits per heavy atom. The highest BCUT2D eigenvalue weighted by Gasteiger charge is 2.28. The van der Waals surface area contributed by atoms with Crippen molar-refractivity contribution in [2.24, 2.45) is 0 Å². The molecule has 0 amide bonds. The molecule has 0 radical (unpaired) electrons. The van der Waals surface area contributed by atoms with Gasteiger partial charge in [0.25, 0.3) is 0 Å². The molecule has 0 saturated carbocycles. The summed E-state index contributed by atoms with van der Waals surface area (Å²) < 4.78 is 7.94. The van der Waals surface area contributed by atoms with Gasteiger partial charge >= 0.3 is 0 Å². The zero-order valence-corrected chi connectivity index (χ0v) is 11.4. The van der Waals surface area contributed by atoms with Crippen LogP contribution in [0.3, 0.4) is 0 Å². The van der Waals surface area contributed by atoms with E-state index in [2.05, 4.69) is 20.6 Å². The van der Waals surface area contributed by atoms with Crippen LogP contribution in [-0.2, 0) is 5.88 Å². The third-order valence-electron chi connectivity index (χ3n) is 3.67. The minimum absolute atomic E-state index is 0.118. The van der Waals surface area contributed by atoms with Crippen LogP contribution in [0.2, 0.25) is 0 Å². The van der Waals surface area contributed by atoms with Crippen molar-refractivity contribution in [1.82, 2.24) is 14.5 Å². The number of alkyl halides is 1. The third-order valence-corrected chi connectivity index (χ3v) is 3.91. The number of aromatic nitrogens is 3. The van der Waals surface area contributed by atoms with E-state index in [1.165, 1.54) is 5.56 Å². The van der Waals surface area contributed by atoms with Crippen molar-refractivity contribution < 1.29 is 4.74 Å². The van der Waals surface area contributed by atoms with Gasteiger partial charge in [-0.15, -0.1) is 11.6 Å². The van der Waals surface area contributed by atoms with E-state index in [0.29, 0.717) is 12.5 Å². The molecule has 2 aromatic heterocycles. The molecule has 0 bridgehead atoms. The third kappa shape index (κ3) is 1.61. The van der Waals surface area contributed by atoms with E-state index in [4.69, 9.17) is 16.3 Å². The van der Waals surface area contributed by atoms with Crippen molar-refractivity contribution in [1.29, 1.82) is 0 Å². The Bertz CT molecular complexity index is 784. The molecule has 0 spiro atoms. The van der Waals surface area contributed by atoms with Gasteiger partial charge in [0.2, 0.25) is 0 Å². The number of pyridine rings is 1. The highest BCUT2D eigenvalue weighted by atomic mass is 35.5. The summed E-state index contributed by atoms with van der Waals surface area (Å²) in [5, 5.41) is 0. The molecule has 3 heterocycles. The summed E-state index contributed by atoms with van der Waals surface area (Å²) >= 11 is 6.06. The second kappa shape index (κ2) is 4.49. The second-order valence-corrected chi connectivity index (χ2v) is 5.03. The van der Waals surface area contributed by atoms with Gasteiger partial charge < -0.3 is 9.30 Å². The molecule has 4 nitrogen and oxygen atoms in total. The molecule has 0 N–H and O–H groups in total. The molecule has 0 fully saturated rings. The molecule has 20 heavy (non-hydrogen) atoms. The van der Waals surface area contributed by atoms with Crippen molar-refractivity contribution in [2.45, 2.75) is 11.9 Å². The van der Waals surface area contributed by atoms with E-state index in [0.717, 1.165) is 22.6 Å². The molecule has 1 aliphatic heterocycles. The molecule has 1 aromatic carbocycles. The average Bonchev–Trinajstić information content (AvgIpc) is 3.07. The quantitative estimate of drug-likeness (QED) is 0.679. The number of para-hydroxylation sites is 1. The van der Waals surface area contributed by atoms with Crippen molar-refractivity contribution in [3.8, 4) is 5.75 Å². The van der Waals surface area contributed by atoms with Crippen LogP contribution in [0.15, 0.2) is 42.7 Å². The number of imidazole rings is 1. The molecular formula is C15H12ClN3O. The first-order chi connectivity index (χ1) is 9.88. The van der Waals surface area contributed by atoms with Crippen LogP contribution < -0.4 is 4.74 Å². The number of rotatable bonds is 2. The molecule has 1 aliphatic rings. The highest BCUT2D eigenvalue weighted by Crippen LogP contribution is 2.37. The number of benzene rings is 1. The van der Waals surface area contributed by atoms with E-state index in [-0.39, 0.29) is 6.04 Å². The summed E-state index contributed by atoms with van der Waals surface area (Å²) in [6, 6.07) is 10.2. The molecule has 3 aromatic rings. The van der Waals surface area contributed by atoms with Crippen molar-refractivity contribution in [3.05, 3.63) is 54.1 Å². The van der Waals surface area contributed by atoms with Crippen molar-refractivity contribution >= 4 is 22.6 Å². The molecule has 1 unspecified atom stereocenters. The Hall–Kier alpha value is -2.07. The first-order valence-corrected chi connectivity index (χ1v) is 7.00. The molecule has 5 heteroatoms. The van der Waals surface area contributed by atoms with Gasteiger partial charge in [-0.3, -0.25) is 4.98 Å². The lowest BCUT2D eigenvalue weighted by atomic mass is 10.1. The predicted octanol–water partition coefficient (Wildman–Crippen LogP) is 3.15. The number of halogens is 1. The number of ether oxygens (including phenoxy) is 1. The molecule has 0 aliphatic carbocycles. The van der Waals surface area contributed by atoms with Crippen LogP contribution in [0, 0.1) is 0 Å². The average molecular weight is 286 g/mol. The van der Waals surface area contributed by atoms with E-state index >= 15 is 0 Å². The van der Waals surface area contributed by atoms with E-state index in [1.54, 1.807) is 12.4 Å². The van der Waals surface area contributed by atoms with Gasteiger partial charge in [0, 0.05) is 11.8 Å². The molecule has 100 valence electrons. The van der Waals surface area contributed by atoms with Gasteiger partial charge in [-0.1, -0.05) is 18.2 Å². The lowest BCUT2D eigenvalue weighted by Gasteiger charge is -2.14. The van der Waals surface area contributed by atoms with Crippen LogP contribution >= 0.6 is 11.6 Å². The Morgan fingerprint density at radius 1 is 1.30 bits per heavy atom. The maximum atomic E-state index is 6.06. The summed E-state index contributed by atoms with van der Waals surface area (Å²) in [7, 11) is 0. The lowest BCUT2D eigenvalue weighted by molar-refractivity contribution is 0.317. The van der Waals surface area contributed by atoms with Crippen LogP contribution in [0.1, 0.15) is 17.4 Å². The van der Waals surface area contributed by atoms with E-state index in [1.807, 2.05) is 24.3 Å². The summed E-state index contributed by atoms with van der Waals surface area (Å²) in [5.41, 5.74) is 3.09. The van der Waals surface area contributed by atoms with Crippen LogP contribution in [0.25, 0.3) is 11.0 Å². The monoisotopic (exact) mass is 285 g/mol. The van der Waals surface area contributed by atoms with Crippen LogP contribution in [0.4, 0.5) is 0 Å². The largest absolute Gasteiger partial charge is 0.491 e. The minimum Gasteiger partial charge on any atom is -0.491 e. The summed E-state index contributed by atoms with van der Waals surface area (Å²) in [6.07, 6.45) is 3.55. The SMILES string of the molecule is ClCc1nc2cnccc2n1C1COc2ccccc21. The standard InChI is InChI=1S/C15H12ClN3O/c16-7-15-18-11-8-17-6-5-12(11)19(15)13-9-20-14-4-2-1-3-10(13)14/h1-6,8,13H,7,9H2. The van der Waals surface area contributed by atoms with Crippen molar-refractivity contribution in [2.75, 3.05) is 6.61 Å². The first-order valence-electron chi connectivity index (χ1n) is 6.47. The van der Waals surface area contributed by atoms with Crippen molar-refractivity contribution in [3.63, 3.8) is 0 Å². The van der Waals surface area contributed by atoms with Gasteiger partial charge in [-0.25, -0.2) is 4.98 Å². The number of hydrogen-bond acceptors (Lipinski definition) is 3. The summed E-state index contributed by atoms with van der Waals surface area (Å²) in [6.45, 7) is 0.608. The molecular weight excluding hydrogens is 274 g/mol. The first kappa shape index (κ1) is 11.7. The predicted molar refractivity (Wildman–Crippen MR) is 77.2 cm³/mol. The fraction of sp³-hybridized carbons (Fsp3) is 0.200. The fourth-order valence-electron chi connectivity index (χ4n) is 2.80. The maximum Gasteiger partial charge on any atom is 0.125 e. The maximum absolute atomic E-state index is 6.06. The highest BCUT2D eigenvalue weighted by molar-refractivity contribution is 6.16. The summed E-state index contributed by atoms with van der Waals surface area (Å²) in [5.74, 6) is 2.15. The molecule has 0 saturated heterocycles. The molecule has 1 atom stereocenters. The van der Waals surface area contributed by atoms with Gasteiger partial charge in [-0.2, -0.15) is 0 Å². The Morgan fingerprint density at radius 3 is 3.10 bits per heavy atom. The Kier molecular flexibility index (Phi) is 2.63. The number of nitrogens with zero attached hydrogens (tertiary/aromatic N) is 3. The lowest BCUT2D eigenvalue weighted by Crippen LogP contribution is -2.14. The van der Waals surface area contributed by atoms with Crippen LogP contribution in [0.5, 0.6) is 5.75 Å². The van der Waals surface area contributed by atoms with Gasteiger partial charge in [0.1, 0.15) is 23.7 Å². The smallest absolute Gasteiger partial charge is 0.125 e. The topological polar surface area (TPSA) is 39.9 Å². The van der Waals surface area contributed by atoms with Crippen LogP contribution in [-0.4, -0.2) is 21.1 Å². The number of fused-ring (bicyclic) bond motifs is 2. The van der Waals surface area contributed by atoms with Gasteiger partial charge in [-0.05, 0) is 12.1 Å². The van der Waals surface area contributed by atoms with E-state index in [9.17, 15) is 0 Å². The van der Waals surface area contributed by atoms with Gasteiger partial charge in [0.15, 0.2) is 0 Å². The Balaban J connectivity index is 1.95. The van der Waals surface area contributed by atoms with Gasteiger partial charge in [0.05, 0.1) is 23.6 Å². The zero-order valence-electron chi connectivity index (χ0n) is 10.7. The minimum atomic E-state index is 0.118. The number of hydrogen-bond donors (Lipinski definition) is 0. The summed E-state index contributed by atoms with van der Waals surface area (Å²) in [4.78, 5) is 8.68. The fourth-order valence-corrected chi connectivity index (χ4v) is 2.99. The normalized spacial score (nSPS) is 17.1. The second-order valence-electron chi connectivity index (χ2n) is 4.76. The zero-order chi connectivity index (χ0) is 13.5. The van der Waals surface area contributed by atoms with E-state index < -0.39 is 0 Å². The molecule has 4 rings (SSSR count).